The Morgan fingerprint density at radius 1 is 1.25 bits per heavy atom. The van der Waals surface area contributed by atoms with Crippen molar-refractivity contribution in [1.29, 1.82) is 0 Å². The van der Waals surface area contributed by atoms with Crippen molar-refractivity contribution < 1.29 is 13.9 Å². The molecular formula is C16H17NO3. The van der Waals surface area contributed by atoms with Crippen LogP contribution in [0.4, 0.5) is 0 Å². The summed E-state index contributed by atoms with van der Waals surface area (Å²) in [6.45, 7) is 1.20. The predicted molar refractivity (Wildman–Crippen MR) is 76.1 cm³/mol. The Kier molecular flexibility index (Phi) is 5.24. The van der Waals surface area contributed by atoms with Gasteiger partial charge in [-0.25, -0.2) is 0 Å². The smallest absolute Gasteiger partial charge is 0.129 e. The molecule has 20 heavy (non-hydrogen) atoms. The van der Waals surface area contributed by atoms with Gasteiger partial charge in [-0.3, -0.25) is 0 Å². The number of rotatable bonds is 5. The normalized spacial score (nSPS) is 9.90. The van der Waals surface area contributed by atoms with Crippen molar-refractivity contribution in [2.75, 3.05) is 13.7 Å². The second-order valence-electron chi connectivity index (χ2n) is 4.10. The fourth-order valence-electron chi connectivity index (χ4n) is 1.78. The molecule has 4 heteroatoms. The van der Waals surface area contributed by atoms with E-state index in [1.54, 1.807) is 13.4 Å². The summed E-state index contributed by atoms with van der Waals surface area (Å²) in [5.74, 6) is 7.40. The molecule has 0 amide bonds. The van der Waals surface area contributed by atoms with Gasteiger partial charge in [-0.05, 0) is 30.3 Å². The van der Waals surface area contributed by atoms with Crippen molar-refractivity contribution in [3.63, 3.8) is 0 Å². The molecule has 0 spiro atoms. The van der Waals surface area contributed by atoms with Gasteiger partial charge in [-0.15, -0.1) is 0 Å². The summed E-state index contributed by atoms with van der Waals surface area (Å²) in [5, 5.41) is 0. The molecule has 0 aliphatic heterocycles. The number of hydrogen-bond donors (Lipinski definition) is 1. The van der Waals surface area contributed by atoms with Crippen LogP contribution in [0, 0.1) is 11.8 Å². The molecule has 4 nitrogen and oxygen atoms in total. The molecule has 1 aromatic heterocycles. The van der Waals surface area contributed by atoms with E-state index in [0.29, 0.717) is 19.8 Å². The van der Waals surface area contributed by atoms with Gasteiger partial charge < -0.3 is 19.6 Å². The Labute approximate surface area is 118 Å². The highest BCUT2D eigenvalue weighted by Gasteiger charge is 2.05. The molecular weight excluding hydrogens is 254 g/mol. The summed E-state index contributed by atoms with van der Waals surface area (Å²) in [7, 11) is 1.64. The molecule has 0 saturated heterocycles. The van der Waals surface area contributed by atoms with Crippen molar-refractivity contribution in [1.82, 2.24) is 0 Å². The maximum atomic E-state index is 5.62. The van der Waals surface area contributed by atoms with Gasteiger partial charge in [0.2, 0.25) is 0 Å². The monoisotopic (exact) mass is 271 g/mol. The second kappa shape index (κ2) is 7.39. The van der Waals surface area contributed by atoms with E-state index in [1.807, 2.05) is 30.3 Å². The molecule has 0 bridgehead atoms. The first-order valence-corrected chi connectivity index (χ1v) is 6.29. The molecule has 0 aliphatic carbocycles. The third kappa shape index (κ3) is 3.89. The highest BCUT2D eigenvalue weighted by atomic mass is 16.5. The lowest BCUT2D eigenvalue weighted by atomic mass is 10.1. The van der Waals surface area contributed by atoms with Gasteiger partial charge in [-0.1, -0.05) is 11.8 Å². The molecule has 0 saturated carbocycles. The van der Waals surface area contributed by atoms with Crippen LogP contribution in [0.5, 0.6) is 5.75 Å². The SMILES string of the molecule is COc1ccc(C#CCN)cc1COCc1ccco1. The van der Waals surface area contributed by atoms with E-state index in [0.717, 1.165) is 22.6 Å². The van der Waals surface area contributed by atoms with E-state index in [4.69, 9.17) is 19.6 Å². The lowest BCUT2D eigenvalue weighted by molar-refractivity contribution is 0.0914. The maximum Gasteiger partial charge on any atom is 0.129 e. The van der Waals surface area contributed by atoms with Crippen LogP contribution in [-0.4, -0.2) is 13.7 Å². The van der Waals surface area contributed by atoms with Gasteiger partial charge in [0.05, 0.1) is 26.5 Å². The number of methoxy groups -OCH3 is 1. The molecule has 0 fully saturated rings. The lowest BCUT2D eigenvalue weighted by Gasteiger charge is -2.09. The van der Waals surface area contributed by atoms with Gasteiger partial charge in [0.1, 0.15) is 18.1 Å². The third-order valence-electron chi connectivity index (χ3n) is 2.70. The molecule has 2 N–H and O–H groups in total. The zero-order chi connectivity index (χ0) is 14.2. The first-order valence-electron chi connectivity index (χ1n) is 6.29. The maximum absolute atomic E-state index is 5.62. The molecule has 1 heterocycles. The Morgan fingerprint density at radius 2 is 2.15 bits per heavy atom. The summed E-state index contributed by atoms with van der Waals surface area (Å²) in [6.07, 6.45) is 1.63. The molecule has 2 rings (SSSR count). The van der Waals surface area contributed by atoms with Crippen molar-refractivity contribution >= 4 is 0 Å². The number of benzene rings is 1. The van der Waals surface area contributed by atoms with Crippen LogP contribution in [0.2, 0.25) is 0 Å². The number of ether oxygens (including phenoxy) is 2. The van der Waals surface area contributed by atoms with E-state index < -0.39 is 0 Å². The van der Waals surface area contributed by atoms with Gasteiger partial charge in [0.15, 0.2) is 0 Å². The van der Waals surface area contributed by atoms with Gasteiger partial charge in [0.25, 0.3) is 0 Å². The Bertz CT molecular complexity index is 594. The van der Waals surface area contributed by atoms with Crippen molar-refractivity contribution in [2.24, 2.45) is 5.73 Å². The summed E-state index contributed by atoms with van der Waals surface area (Å²) in [6, 6.07) is 9.44. The van der Waals surface area contributed by atoms with Crippen LogP contribution in [0.1, 0.15) is 16.9 Å². The minimum atomic E-state index is 0.344. The molecule has 0 aliphatic rings. The molecule has 0 radical (unpaired) electrons. The Hall–Kier alpha value is -2.22. The van der Waals surface area contributed by atoms with Crippen molar-refractivity contribution in [3.8, 4) is 17.6 Å². The summed E-state index contributed by atoms with van der Waals surface area (Å²) in [4.78, 5) is 0. The van der Waals surface area contributed by atoms with Gasteiger partial charge >= 0.3 is 0 Å². The third-order valence-corrected chi connectivity index (χ3v) is 2.70. The average molecular weight is 271 g/mol. The summed E-state index contributed by atoms with van der Waals surface area (Å²) < 4.78 is 16.1. The topological polar surface area (TPSA) is 57.6 Å². The van der Waals surface area contributed by atoms with Gasteiger partial charge in [-0.2, -0.15) is 0 Å². The van der Waals surface area contributed by atoms with Crippen LogP contribution >= 0.6 is 0 Å². The highest BCUT2D eigenvalue weighted by Crippen LogP contribution is 2.21. The van der Waals surface area contributed by atoms with Crippen LogP contribution in [0.15, 0.2) is 41.0 Å². The average Bonchev–Trinajstić information content (AvgIpc) is 2.98. The molecule has 2 aromatic rings. The molecule has 1 aromatic carbocycles. The quantitative estimate of drug-likeness (QED) is 0.848. The second-order valence-corrected chi connectivity index (χ2v) is 4.10. The van der Waals surface area contributed by atoms with Crippen LogP contribution < -0.4 is 10.5 Å². The Balaban J connectivity index is 2.04. The highest BCUT2D eigenvalue weighted by molar-refractivity contribution is 5.44. The molecule has 0 unspecified atom stereocenters. The number of nitrogens with two attached hydrogens (primary N) is 1. The van der Waals surface area contributed by atoms with Crippen LogP contribution in [0.25, 0.3) is 0 Å². The zero-order valence-corrected chi connectivity index (χ0v) is 11.4. The lowest BCUT2D eigenvalue weighted by Crippen LogP contribution is -1.98. The van der Waals surface area contributed by atoms with Gasteiger partial charge in [0, 0.05) is 11.1 Å². The summed E-state index contributed by atoms with van der Waals surface area (Å²) >= 11 is 0. The largest absolute Gasteiger partial charge is 0.496 e. The van der Waals surface area contributed by atoms with Crippen LogP contribution in [-0.2, 0) is 18.0 Å². The van der Waals surface area contributed by atoms with Crippen molar-refractivity contribution in [3.05, 3.63) is 53.5 Å². The van der Waals surface area contributed by atoms with Crippen LogP contribution in [0.3, 0.4) is 0 Å². The van der Waals surface area contributed by atoms with Crippen molar-refractivity contribution in [2.45, 2.75) is 13.2 Å². The molecule has 0 atom stereocenters. The minimum absolute atomic E-state index is 0.344. The number of furan rings is 1. The first-order chi connectivity index (χ1) is 9.83. The minimum Gasteiger partial charge on any atom is -0.496 e. The Morgan fingerprint density at radius 3 is 2.85 bits per heavy atom. The number of hydrogen-bond acceptors (Lipinski definition) is 4. The fourth-order valence-corrected chi connectivity index (χ4v) is 1.78. The fraction of sp³-hybridized carbons (Fsp3) is 0.250. The first kappa shape index (κ1) is 14.2. The van der Waals surface area contributed by atoms with E-state index in [-0.39, 0.29) is 0 Å². The molecule has 104 valence electrons. The predicted octanol–water partition coefficient (Wildman–Crippen LogP) is 2.32. The van der Waals surface area contributed by atoms with E-state index >= 15 is 0 Å². The van der Waals surface area contributed by atoms with E-state index in [1.165, 1.54) is 0 Å². The van der Waals surface area contributed by atoms with E-state index in [2.05, 4.69) is 11.8 Å². The standard InChI is InChI=1S/C16H17NO3/c1-18-16-7-6-13(4-2-8-17)10-14(16)11-19-12-15-5-3-9-20-15/h3,5-7,9-10H,8,11-12,17H2,1H3. The van der Waals surface area contributed by atoms with E-state index in [9.17, 15) is 0 Å². The summed E-state index contributed by atoms with van der Waals surface area (Å²) in [5.41, 5.74) is 7.21. The zero-order valence-electron chi connectivity index (χ0n) is 11.4.